The van der Waals surface area contributed by atoms with Gasteiger partial charge in [-0.25, -0.2) is 0 Å². The molecule has 33 heavy (non-hydrogen) atoms. The van der Waals surface area contributed by atoms with Crippen LogP contribution in [0.4, 0.5) is 5.69 Å². The van der Waals surface area contributed by atoms with Crippen LogP contribution in [0.5, 0.6) is 11.5 Å². The van der Waals surface area contributed by atoms with Crippen LogP contribution in [0.15, 0.2) is 66.7 Å². The van der Waals surface area contributed by atoms with E-state index >= 15 is 0 Å². The lowest BCUT2D eigenvalue weighted by atomic mass is 10.1. The maximum atomic E-state index is 13.3. The Kier molecular flexibility index (Phi) is 6.63. The van der Waals surface area contributed by atoms with Gasteiger partial charge in [0, 0.05) is 29.4 Å². The molecule has 2 amide bonds. The monoisotopic (exact) mass is 444 g/mol. The average molecular weight is 445 g/mol. The first-order chi connectivity index (χ1) is 16.0. The normalized spacial score (nSPS) is 14.5. The number of rotatable bonds is 7. The van der Waals surface area contributed by atoms with E-state index in [-0.39, 0.29) is 17.9 Å². The van der Waals surface area contributed by atoms with E-state index in [4.69, 9.17) is 9.47 Å². The number of methoxy groups -OCH3 is 1. The summed E-state index contributed by atoms with van der Waals surface area (Å²) in [4.78, 5) is 27.7. The van der Waals surface area contributed by atoms with Crippen molar-refractivity contribution in [2.24, 2.45) is 0 Å². The molecule has 0 radical (unpaired) electrons. The molecule has 1 heterocycles. The SMILES string of the molecule is CCOc1ccc(C(=O)NCc2ccc3c(c2)N(C(=O)c2ccc(OC)cc2)[C@@H](C)C3)cc1. The van der Waals surface area contributed by atoms with Crippen molar-refractivity contribution in [3.8, 4) is 11.5 Å². The van der Waals surface area contributed by atoms with Gasteiger partial charge in [0.05, 0.1) is 13.7 Å². The fraction of sp³-hybridized carbons (Fsp3) is 0.259. The molecule has 0 aromatic heterocycles. The highest BCUT2D eigenvalue weighted by Crippen LogP contribution is 2.34. The molecular weight excluding hydrogens is 416 g/mol. The van der Waals surface area contributed by atoms with E-state index < -0.39 is 0 Å². The summed E-state index contributed by atoms with van der Waals surface area (Å²) in [5, 5.41) is 2.96. The Morgan fingerprint density at radius 1 is 0.970 bits per heavy atom. The number of benzene rings is 3. The Balaban J connectivity index is 1.47. The average Bonchev–Trinajstić information content (AvgIpc) is 3.17. The topological polar surface area (TPSA) is 67.9 Å². The van der Waals surface area contributed by atoms with Gasteiger partial charge in [-0.15, -0.1) is 0 Å². The third-order valence-corrected chi connectivity index (χ3v) is 5.80. The van der Waals surface area contributed by atoms with Crippen LogP contribution in [0.3, 0.4) is 0 Å². The predicted molar refractivity (Wildman–Crippen MR) is 128 cm³/mol. The number of anilines is 1. The van der Waals surface area contributed by atoms with Gasteiger partial charge in [-0.2, -0.15) is 0 Å². The van der Waals surface area contributed by atoms with Gasteiger partial charge in [-0.05, 0) is 86.0 Å². The van der Waals surface area contributed by atoms with E-state index in [1.165, 1.54) is 0 Å². The third-order valence-electron chi connectivity index (χ3n) is 5.80. The summed E-state index contributed by atoms with van der Waals surface area (Å²) in [6.45, 7) is 4.93. The van der Waals surface area contributed by atoms with Gasteiger partial charge in [0.2, 0.25) is 0 Å². The van der Waals surface area contributed by atoms with Gasteiger partial charge in [0.15, 0.2) is 0 Å². The Hall–Kier alpha value is -3.80. The van der Waals surface area contributed by atoms with Crippen LogP contribution in [0.2, 0.25) is 0 Å². The lowest BCUT2D eigenvalue weighted by Crippen LogP contribution is -2.35. The van der Waals surface area contributed by atoms with Crippen molar-refractivity contribution in [2.75, 3.05) is 18.6 Å². The van der Waals surface area contributed by atoms with Gasteiger partial charge in [-0.3, -0.25) is 9.59 Å². The van der Waals surface area contributed by atoms with Crippen LogP contribution in [0.1, 0.15) is 45.7 Å². The zero-order chi connectivity index (χ0) is 23.4. The third kappa shape index (κ3) is 4.85. The summed E-state index contributed by atoms with van der Waals surface area (Å²) in [5.41, 5.74) is 4.16. The highest BCUT2D eigenvalue weighted by atomic mass is 16.5. The fourth-order valence-corrected chi connectivity index (χ4v) is 4.10. The first kappa shape index (κ1) is 22.4. The first-order valence-corrected chi connectivity index (χ1v) is 11.1. The van der Waals surface area contributed by atoms with Gasteiger partial charge in [0.1, 0.15) is 11.5 Å². The molecule has 0 fully saturated rings. The maximum Gasteiger partial charge on any atom is 0.258 e. The summed E-state index contributed by atoms with van der Waals surface area (Å²) in [6, 6.07) is 20.3. The number of carbonyl (C=O) groups excluding carboxylic acids is 2. The molecule has 3 aromatic carbocycles. The molecule has 1 N–H and O–H groups in total. The van der Waals surface area contributed by atoms with Crippen molar-refractivity contribution in [1.82, 2.24) is 5.32 Å². The highest BCUT2D eigenvalue weighted by Gasteiger charge is 2.31. The Morgan fingerprint density at radius 2 is 1.64 bits per heavy atom. The number of amides is 2. The lowest BCUT2D eigenvalue weighted by Gasteiger charge is -2.23. The molecule has 4 rings (SSSR count). The largest absolute Gasteiger partial charge is 0.497 e. The minimum Gasteiger partial charge on any atom is -0.497 e. The number of hydrogen-bond acceptors (Lipinski definition) is 4. The van der Waals surface area contributed by atoms with Crippen LogP contribution in [0, 0.1) is 0 Å². The number of fused-ring (bicyclic) bond motifs is 1. The molecular formula is C27H28N2O4. The summed E-state index contributed by atoms with van der Waals surface area (Å²) in [7, 11) is 1.60. The number of hydrogen-bond donors (Lipinski definition) is 1. The van der Waals surface area contributed by atoms with E-state index in [0.717, 1.165) is 29.0 Å². The van der Waals surface area contributed by atoms with E-state index in [9.17, 15) is 9.59 Å². The molecule has 1 aliphatic heterocycles. The van der Waals surface area contributed by atoms with Gasteiger partial charge < -0.3 is 19.7 Å². The van der Waals surface area contributed by atoms with Crippen molar-refractivity contribution < 1.29 is 19.1 Å². The smallest absolute Gasteiger partial charge is 0.258 e. The van der Waals surface area contributed by atoms with Crippen molar-refractivity contribution in [3.63, 3.8) is 0 Å². The molecule has 0 saturated carbocycles. The van der Waals surface area contributed by atoms with Gasteiger partial charge in [-0.1, -0.05) is 12.1 Å². The lowest BCUT2D eigenvalue weighted by molar-refractivity contribution is 0.0948. The standard InChI is InChI=1S/C27H28N2O4/c1-4-33-24-13-7-20(8-14-24)26(30)28-17-19-5-6-22-15-18(2)29(25(22)16-19)27(31)21-9-11-23(32-3)12-10-21/h5-14,16,18H,4,15,17H2,1-3H3,(H,28,30)/t18-/m0/s1. The van der Waals surface area contributed by atoms with E-state index in [2.05, 4.69) is 12.2 Å². The summed E-state index contributed by atoms with van der Waals surface area (Å²) < 4.78 is 10.6. The predicted octanol–water partition coefficient (Wildman–Crippen LogP) is 4.62. The van der Waals surface area contributed by atoms with Crippen molar-refractivity contribution in [2.45, 2.75) is 32.9 Å². The minimum absolute atomic E-state index is 0.0422. The second-order valence-corrected chi connectivity index (χ2v) is 8.06. The highest BCUT2D eigenvalue weighted by molar-refractivity contribution is 6.07. The van der Waals surface area contributed by atoms with Crippen LogP contribution in [0.25, 0.3) is 0 Å². The van der Waals surface area contributed by atoms with Crippen molar-refractivity contribution in [3.05, 3.63) is 89.0 Å². The van der Waals surface area contributed by atoms with E-state index in [0.29, 0.717) is 30.0 Å². The molecule has 0 bridgehead atoms. The minimum atomic E-state index is -0.155. The summed E-state index contributed by atoms with van der Waals surface area (Å²) >= 11 is 0. The fourth-order valence-electron chi connectivity index (χ4n) is 4.10. The molecule has 0 unspecified atom stereocenters. The number of nitrogens with one attached hydrogen (secondary N) is 1. The number of ether oxygens (including phenoxy) is 2. The zero-order valence-corrected chi connectivity index (χ0v) is 19.1. The van der Waals surface area contributed by atoms with Gasteiger partial charge >= 0.3 is 0 Å². The Morgan fingerprint density at radius 3 is 2.30 bits per heavy atom. The first-order valence-electron chi connectivity index (χ1n) is 11.1. The van der Waals surface area contributed by atoms with Crippen LogP contribution in [-0.2, 0) is 13.0 Å². The van der Waals surface area contributed by atoms with Crippen molar-refractivity contribution >= 4 is 17.5 Å². The molecule has 6 nitrogen and oxygen atoms in total. The molecule has 1 aliphatic rings. The molecule has 1 atom stereocenters. The number of carbonyl (C=O) groups is 2. The number of nitrogens with zero attached hydrogens (tertiary/aromatic N) is 1. The van der Waals surface area contributed by atoms with Crippen LogP contribution in [-0.4, -0.2) is 31.6 Å². The zero-order valence-electron chi connectivity index (χ0n) is 19.1. The van der Waals surface area contributed by atoms with Gasteiger partial charge in [0.25, 0.3) is 11.8 Å². The summed E-state index contributed by atoms with van der Waals surface area (Å²) in [6.07, 6.45) is 0.802. The maximum absolute atomic E-state index is 13.3. The van der Waals surface area contributed by atoms with Crippen LogP contribution < -0.4 is 19.7 Å². The molecule has 170 valence electrons. The molecule has 0 aliphatic carbocycles. The Bertz CT molecular complexity index is 1140. The molecule has 0 spiro atoms. The van der Waals surface area contributed by atoms with Crippen molar-refractivity contribution in [1.29, 1.82) is 0 Å². The molecule has 6 heteroatoms. The van der Waals surface area contributed by atoms with Crippen LogP contribution >= 0.6 is 0 Å². The summed E-state index contributed by atoms with van der Waals surface area (Å²) in [5.74, 6) is 1.26. The van der Waals surface area contributed by atoms with E-state index in [1.54, 1.807) is 55.6 Å². The second kappa shape index (κ2) is 9.77. The molecule has 3 aromatic rings. The second-order valence-electron chi connectivity index (χ2n) is 8.06. The Labute approximate surface area is 194 Å². The quantitative estimate of drug-likeness (QED) is 0.578. The van der Waals surface area contributed by atoms with E-state index in [1.807, 2.05) is 30.0 Å². The molecule has 0 saturated heterocycles.